The number of thiazole rings is 1. The molecule has 3 N–H and O–H groups in total. The van der Waals surface area contributed by atoms with Crippen LogP contribution in [0.4, 0.5) is 5.13 Å². The molecule has 1 fully saturated rings. The quantitative estimate of drug-likeness (QED) is 0.728. The number of carbonyl (C=O) groups is 2. The molecule has 1 aromatic carbocycles. The maximum atomic E-state index is 12.5. The summed E-state index contributed by atoms with van der Waals surface area (Å²) < 4.78 is 0. The van der Waals surface area contributed by atoms with E-state index in [1.165, 1.54) is 11.8 Å². The Kier molecular flexibility index (Phi) is 6.35. The summed E-state index contributed by atoms with van der Waals surface area (Å²) in [5, 5.41) is 9.70. The molecule has 138 valence electrons. The number of piperidine rings is 1. The summed E-state index contributed by atoms with van der Waals surface area (Å²) in [6.07, 6.45) is 4.26. The Bertz CT molecular complexity index is 741. The smallest absolute Gasteiger partial charge is 0.228 e. The van der Waals surface area contributed by atoms with Gasteiger partial charge in [0.1, 0.15) is 0 Å². The Balaban J connectivity index is 1.61. The first kappa shape index (κ1) is 18.5. The van der Waals surface area contributed by atoms with Crippen molar-refractivity contribution in [2.75, 3.05) is 18.4 Å². The van der Waals surface area contributed by atoms with Gasteiger partial charge < -0.3 is 16.0 Å². The van der Waals surface area contributed by atoms with Gasteiger partial charge in [-0.3, -0.25) is 9.59 Å². The molecule has 3 rings (SSSR count). The predicted octanol–water partition coefficient (Wildman–Crippen LogP) is 2.82. The molecule has 0 aliphatic carbocycles. The lowest BCUT2D eigenvalue weighted by Crippen LogP contribution is -2.29. The van der Waals surface area contributed by atoms with Crippen LogP contribution in [0.15, 0.2) is 36.5 Å². The van der Waals surface area contributed by atoms with Crippen LogP contribution in [-0.2, 0) is 9.59 Å². The number of benzene rings is 1. The third-order valence-electron chi connectivity index (χ3n) is 4.48. The zero-order valence-electron chi connectivity index (χ0n) is 14.8. The zero-order valence-corrected chi connectivity index (χ0v) is 15.6. The van der Waals surface area contributed by atoms with Crippen molar-refractivity contribution >= 4 is 28.3 Å². The van der Waals surface area contributed by atoms with Crippen LogP contribution in [0.1, 0.15) is 48.6 Å². The first-order valence-electron chi connectivity index (χ1n) is 8.90. The highest BCUT2D eigenvalue weighted by Gasteiger charge is 2.20. The minimum Gasteiger partial charge on any atom is -0.349 e. The molecule has 1 unspecified atom stereocenters. The van der Waals surface area contributed by atoms with Crippen LogP contribution in [0.25, 0.3) is 0 Å². The zero-order chi connectivity index (χ0) is 18.4. The lowest BCUT2D eigenvalue weighted by atomic mass is 9.97. The molecule has 1 aliphatic rings. The second-order valence-electron chi connectivity index (χ2n) is 6.51. The van der Waals surface area contributed by atoms with Crippen molar-refractivity contribution in [1.82, 2.24) is 15.6 Å². The highest BCUT2D eigenvalue weighted by atomic mass is 32.1. The van der Waals surface area contributed by atoms with Crippen molar-refractivity contribution in [2.24, 2.45) is 0 Å². The van der Waals surface area contributed by atoms with E-state index in [4.69, 9.17) is 0 Å². The molecule has 1 atom stereocenters. The summed E-state index contributed by atoms with van der Waals surface area (Å²) in [6.45, 7) is 3.51. The van der Waals surface area contributed by atoms with Gasteiger partial charge in [0.15, 0.2) is 5.13 Å². The summed E-state index contributed by atoms with van der Waals surface area (Å²) in [6, 6.07) is 9.17. The molecule has 2 aromatic rings. The standard InChI is InChI=1S/C19H24N4O2S/c1-13(24)22-16(14-5-3-2-4-6-14)11-18(25)23-19-21-12-17(26-19)15-7-9-20-10-8-15/h2-6,12,15-16,20H,7-11H2,1H3,(H,22,24)(H,21,23,25). The van der Waals surface area contributed by atoms with E-state index in [0.29, 0.717) is 11.0 Å². The molecule has 6 nitrogen and oxygen atoms in total. The van der Waals surface area contributed by atoms with E-state index in [2.05, 4.69) is 20.9 Å². The second-order valence-corrected chi connectivity index (χ2v) is 7.57. The van der Waals surface area contributed by atoms with Gasteiger partial charge in [0.25, 0.3) is 0 Å². The number of anilines is 1. The maximum absolute atomic E-state index is 12.5. The predicted molar refractivity (Wildman–Crippen MR) is 103 cm³/mol. The Labute approximate surface area is 157 Å². The fraction of sp³-hybridized carbons (Fsp3) is 0.421. The minimum atomic E-state index is -0.349. The summed E-state index contributed by atoms with van der Waals surface area (Å²) in [5.41, 5.74) is 0.910. The number of hydrogen-bond donors (Lipinski definition) is 3. The molecule has 7 heteroatoms. The van der Waals surface area contributed by atoms with E-state index >= 15 is 0 Å². The molecular weight excluding hydrogens is 348 g/mol. The molecule has 0 spiro atoms. The lowest BCUT2D eigenvalue weighted by Gasteiger charge is -2.20. The highest BCUT2D eigenvalue weighted by Crippen LogP contribution is 2.31. The van der Waals surface area contributed by atoms with Crippen LogP contribution in [-0.4, -0.2) is 29.9 Å². The average molecular weight is 372 g/mol. The van der Waals surface area contributed by atoms with Gasteiger partial charge in [-0.05, 0) is 37.4 Å². The van der Waals surface area contributed by atoms with E-state index in [1.54, 1.807) is 11.3 Å². The number of rotatable bonds is 6. The van der Waals surface area contributed by atoms with Gasteiger partial charge in [-0.2, -0.15) is 0 Å². The molecule has 2 heterocycles. The summed E-state index contributed by atoms with van der Waals surface area (Å²) in [4.78, 5) is 29.5. The van der Waals surface area contributed by atoms with Gasteiger partial charge in [-0.1, -0.05) is 30.3 Å². The number of carbonyl (C=O) groups excluding carboxylic acids is 2. The van der Waals surface area contributed by atoms with Gasteiger partial charge in [0.2, 0.25) is 11.8 Å². The normalized spacial score (nSPS) is 16.0. The van der Waals surface area contributed by atoms with Crippen molar-refractivity contribution in [2.45, 2.75) is 38.1 Å². The molecule has 0 saturated carbocycles. The van der Waals surface area contributed by atoms with Crippen LogP contribution >= 0.6 is 11.3 Å². The SMILES string of the molecule is CC(=O)NC(CC(=O)Nc1ncc(C2CCNCC2)s1)c1ccccc1. The van der Waals surface area contributed by atoms with E-state index in [9.17, 15) is 9.59 Å². The molecule has 2 amide bonds. The molecule has 0 radical (unpaired) electrons. The number of nitrogens with one attached hydrogen (secondary N) is 3. The fourth-order valence-corrected chi connectivity index (χ4v) is 4.18. The van der Waals surface area contributed by atoms with Crippen LogP contribution in [0, 0.1) is 0 Å². The van der Waals surface area contributed by atoms with Crippen LogP contribution in [0.5, 0.6) is 0 Å². The molecule has 0 bridgehead atoms. The molecule has 1 aromatic heterocycles. The number of nitrogens with zero attached hydrogens (tertiary/aromatic N) is 1. The molecule has 1 saturated heterocycles. The lowest BCUT2D eigenvalue weighted by molar-refractivity contribution is -0.120. The van der Waals surface area contributed by atoms with Crippen molar-refractivity contribution in [3.05, 3.63) is 47.0 Å². The number of hydrogen-bond acceptors (Lipinski definition) is 5. The van der Waals surface area contributed by atoms with Crippen molar-refractivity contribution in [3.8, 4) is 0 Å². The van der Waals surface area contributed by atoms with Crippen molar-refractivity contribution < 1.29 is 9.59 Å². The van der Waals surface area contributed by atoms with Crippen LogP contribution in [0.2, 0.25) is 0 Å². The molecular formula is C19H24N4O2S. The Morgan fingerprint density at radius 3 is 2.69 bits per heavy atom. The van der Waals surface area contributed by atoms with Gasteiger partial charge in [0.05, 0.1) is 12.5 Å². The topological polar surface area (TPSA) is 83.1 Å². The third kappa shape index (κ3) is 5.12. The molecule has 1 aliphatic heterocycles. The van der Waals surface area contributed by atoms with Gasteiger partial charge in [-0.15, -0.1) is 11.3 Å². The fourth-order valence-electron chi connectivity index (χ4n) is 3.18. The summed E-state index contributed by atoms with van der Waals surface area (Å²) in [5.74, 6) is 0.212. The Hall–Kier alpha value is -2.25. The largest absolute Gasteiger partial charge is 0.349 e. The monoisotopic (exact) mass is 372 g/mol. The molecule has 26 heavy (non-hydrogen) atoms. The van der Waals surface area contributed by atoms with Crippen LogP contribution < -0.4 is 16.0 Å². The average Bonchev–Trinajstić information content (AvgIpc) is 3.10. The summed E-state index contributed by atoms with van der Waals surface area (Å²) >= 11 is 1.55. The highest BCUT2D eigenvalue weighted by molar-refractivity contribution is 7.15. The minimum absolute atomic E-state index is 0.154. The first-order valence-corrected chi connectivity index (χ1v) is 9.72. The number of amides is 2. The van der Waals surface area contributed by atoms with E-state index in [1.807, 2.05) is 36.5 Å². The Morgan fingerprint density at radius 1 is 1.27 bits per heavy atom. The summed E-state index contributed by atoms with van der Waals surface area (Å²) in [7, 11) is 0. The second kappa shape index (κ2) is 8.91. The van der Waals surface area contributed by atoms with Crippen molar-refractivity contribution in [1.29, 1.82) is 0 Å². The van der Waals surface area contributed by atoms with Gasteiger partial charge in [-0.25, -0.2) is 4.98 Å². The van der Waals surface area contributed by atoms with E-state index < -0.39 is 0 Å². The van der Waals surface area contributed by atoms with Gasteiger partial charge in [0, 0.05) is 18.0 Å². The van der Waals surface area contributed by atoms with Crippen LogP contribution in [0.3, 0.4) is 0 Å². The van der Waals surface area contributed by atoms with E-state index in [-0.39, 0.29) is 24.3 Å². The maximum Gasteiger partial charge on any atom is 0.228 e. The number of aromatic nitrogens is 1. The van der Waals surface area contributed by atoms with Crippen molar-refractivity contribution in [3.63, 3.8) is 0 Å². The Morgan fingerprint density at radius 2 is 2.00 bits per heavy atom. The van der Waals surface area contributed by atoms with E-state index in [0.717, 1.165) is 31.5 Å². The van der Waals surface area contributed by atoms with Gasteiger partial charge >= 0.3 is 0 Å². The first-order chi connectivity index (χ1) is 12.6. The third-order valence-corrected chi connectivity index (χ3v) is 5.56.